The number of hydrogen-bond donors (Lipinski definition) is 1. The zero-order chi connectivity index (χ0) is 16.8. The molecule has 0 aliphatic carbocycles. The molecule has 0 bridgehead atoms. The van der Waals surface area contributed by atoms with Crippen molar-refractivity contribution in [1.82, 2.24) is 10.2 Å². The Balaban J connectivity index is 1.96. The number of carbonyl (C=O) groups is 1. The number of amides is 1. The van der Waals surface area contributed by atoms with Gasteiger partial charge in [-0.05, 0) is 38.4 Å². The minimum absolute atomic E-state index is 0.0381. The Morgan fingerprint density at radius 3 is 2.48 bits per heavy atom. The largest absolute Gasteiger partial charge is 0.469 e. The number of furan rings is 1. The molecular weight excluding hydrogens is 302 g/mol. The highest BCUT2D eigenvalue weighted by Crippen LogP contribution is 2.23. The number of rotatable bonds is 7. The minimum atomic E-state index is -0.617. The summed E-state index contributed by atoms with van der Waals surface area (Å²) in [6.45, 7) is 0.127. The molecule has 2 rings (SSSR count). The lowest BCUT2D eigenvalue weighted by atomic mass is 10.0. The van der Waals surface area contributed by atoms with E-state index in [1.807, 2.05) is 0 Å². The lowest BCUT2D eigenvalue weighted by molar-refractivity contribution is -0.121. The summed E-state index contributed by atoms with van der Waals surface area (Å²) < 4.78 is 33.0. The molecule has 23 heavy (non-hydrogen) atoms. The summed E-state index contributed by atoms with van der Waals surface area (Å²) in [6, 6.07) is 6.73. The molecule has 1 atom stereocenters. The first kappa shape index (κ1) is 17.1. The van der Waals surface area contributed by atoms with Gasteiger partial charge in [0.25, 0.3) is 0 Å². The highest BCUT2D eigenvalue weighted by Gasteiger charge is 2.22. The number of hydrogen-bond acceptors (Lipinski definition) is 3. The fraction of sp³-hybridized carbons (Fsp3) is 0.353. The third-order valence-corrected chi connectivity index (χ3v) is 3.63. The molecule has 0 spiro atoms. The molecule has 1 aromatic carbocycles. The van der Waals surface area contributed by atoms with Crippen LogP contribution in [0.1, 0.15) is 23.8 Å². The highest BCUT2D eigenvalue weighted by molar-refractivity contribution is 5.76. The van der Waals surface area contributed by atoms with Gasteiger partial charge in [-0.2, -0.15) is 0 Å². The first-order chi connectivity index (χ1) is 11.0. The monoisotopic (exact) mass is 322 g/mol. The molecule has 0 unspecified atom stereocenters. The number of halogens is 2. The average Bonchev–Trinajstić information content (AvgIpc) is 3.01. The van der Waals surface area contributed by atoms with Crippen LogP contribution in [0.2, 0.25) is 0 Å². The van der Waals surface area contributed by atoms with E-state index < -0.39 is 17.7 Å². The number of carbonyl (C=O) groups excluding carboxylic acids is 1. The topological polar surface area (TPSA) is 45.5 Å². The summed E-state index contributed by atoms with van der Waals surface area (Å²) in [6.07, 6.45) is 2.29. The van der Waals surface area contributed by atoms with E-state index in [-0.39, 0.29) is 24.4 Å². The highest BCUT2D eigenvalue weighted by atomic mass is 19.1. The lowest BCUT2D eigenvalue weighted by Crippen LogP contribution is -2.35. The van der Waals surface area contributed by atoms with Gasteiger partial charge >= 0.3 is 0 Å². The van der Waals surface area contributed by atoms with Crippen molar-refractivity contribution in [1.29, 1.82) is 0 Å². The zero-order valence-electron chi connectivity index (χ0n) is 13.2. The SMILES string of the molecule is CN(C)[C@@H](CNC(=O)CCc1ccco1)c1c(F)cccc1F. The predicted molar refractivity (Wildman–Crippen MR) is 82.8 cm³/mol. The van der Waals surface area contributed by atoms with Crippen molar-refractivity contribution in [2.75, 3.05) is 20.6 Å². The molecule has 0 saturated carbocycles. The number of aryl methyl sites for hydroxylation is 1. The molecule has 124 valence electrons. The second-order valence-electron chi connectivity index (χ2n) is 5.50. The Labute approximate surface area is 134 Å². The Bertz CT molecular complexity index is 622. The van der Waals surface area contributed by atoms with E-state index >= 15 is 0 Å². The van der Waals surface area contributed by atoms with Gasteiger partial charge in [-0.3, -0.25) is 4.79 Å². The molecular formula is C17H20F2N2O2. The molecule has 1 N–H and O–H groups in total. The van der Waals surface area contributed by atoms with Gasteiger partial charge in [0.15, 0.2) is 0 Å². The van der Waals surface area contributed by atoms with Crippen molar-refractivity contribution in [3.05, 3.63) is 59.6 Å². The minimum Gasteiger partial charge on any atom is -0.469 e. The summed E-state index contributed by atoms with van der Waals surface area (Å²) in [5, 5.41) is 2.72. The smallest absolute Gasteiger partial charge is 0.220 e. The molecule has 0 saturated heterocycles. The van der Waals surface area contributed by atoms with Crippen molar-refractivity contribution < 1.29 is 18.0 Å². The Kier molecular flexibility index (Phi) is 5.87. The van der Waals surface area contributed by atoms with Gasteiger partial charge in [0, 0.05) is 24.9 Å². The fourth-order valence-corrected chi connectivity index (χ4v) is 2.36. The summed E-state index contributed by atoms with van der Waals surface area (Å²) in [4.78, 5) is 13.6. The van der Waals surface area contributed by atoms with Gasteiger partial charge < -0.3 is 14.6 Å². The molecule has 0 aliphatic heterocycles. The third kappa shape index (κ3) is 4.63. The summed E-state index contributed by atoms with van der Waals surface area (Å²) in [5.74, 6) is -0.698. The van der Waals surface area contributed by atoms with Crippen LogP contribution in [0, 0.1) is 11.6 Å². The summed E-state index contributed by atoms with van der Waals surface area (Å²) in [7, 11) is 3.43. The van der Waals surface area contributed by atoms with Crippen LogP contribution in [0.3, 0.4) is 0 Å². The van der Waals surface area contributed by atoms with Gasteiger partial charge in [-0.25, -0.2) is 8.78 Å². The molecule has 6 heteroatoms. The zero-order valence-corrected chi connectivity index (χ0v) is 13.2. The molecule has 1 amide bonds. The Hall–Kier alpha value is -2.21. The van der Waals surface area contributed by atoms with Crippen molar-refractivity contribution in [3.63, 3.8) is 0 Å². The van der Waals surface area contributed by atoms with Crippen molar-refractivity contribution in [3.8, 4) is 0 Å². The van der Waals surface area contributed by atoms with Gasteiger partial charge in [0.1, 0.15) is 17.4 Å². The van der Waals surface area contributed by atoms with Crippen molar-refractivity contribution in [2.45, 2.75) is 18.9 Å². The van der Waals surface area contributed by atoms with Gasteiger partial charge in [-0.15, -0.1) is 0 Å². The molecule has 1 aromatic heterocycles. The molecule has 1 heterocycles. The van der Waals surface area contributed by atoms with Crippen LogP contribution < -0.4 is 5.32 Å². The van der Waals surface area contributed by atoms with Crippen LogP contribution in [0.15, 0.2) is 41.0 Å². The van der Waals surface area contributed by atoms with E-state index in [2.05, 4.69) is 5.32 Å². The third-order valence-electron chi connectivity index (χ3n) is 3.63. The lowest BCUT2D eigenvalue weighted by Gasteiger charge is -2.25. The van der Waals surface area contributed by atoms with E-state index in [0.717, 1.165) is 5.76 Å². The number of likely N-dealkylation sites (N-methyl/N-ethyl adjacent to an activating group) is 1. The van der Waals surface area contributed by atoms with E-state index in [4.69, 9.17) is 4.42 Å². The van der Waals surface area contributed by atoms with Crippen LogP contribution in [-0.2, 0) is 11.2 Å². The predicted octanol–water partition coefficient (Wildman–Crippen LogP) is 2.91. The molecule has 0 radical (unpaired) electrons. The van der Waals surface area contributed by atoms with E-state index in [1.54, 1.807) is 37.4 Å². The fourth-order valence-electron chi connectivity index (χ4n) is 2.36. The maximum absolute atomic E-state index is 13.9. The van der Waals surface area contributed by atoms with E-state index in [9.17, 15) is 13.6 Å². The number of nitrogens with zero attached hydrogens (tertiary/aromatic N) is 1. The van der Waals surface area contributed by atoms with Gasteiger partial charge in [0.05, 0.1) is 12.3 Å². The number of nitrogens with one attached hydrogen (secondary N) is 1. The van der Waals surface area contributed by atoms with Crippen LogP contribution in [0.5, 0.6) is 0 Å². The van der Waals surface area contributed by atoms with E-state index in [1.165, 1.54) is 18.2 Å². The standard InChI is InChI=1S/C17H20F2N2O2/c1-21(2)15(17-13(18)6-3-7-14(17)19)11-20-16(22)9-8-12-5-4-10-23-12/h3-7,10,15H,8-9,11H2,1-2H3,(H,20,22)/t15-/m0/s1. The van der Waals surface area contributed by atoms with Gasteiger partial charge in [-0.1, -0.05) is 6.07 Å². The molecule has 0 aliphatic rings. The second-order valence-corrected chi connectivity index (χ2v) is 5.50. The molecule has 4 nitrogen and oxygen atoms in total. The average molecular weight is 322 g/mol. The van der Waals surface area contributed by atoms with Crippen molar-refractivity contribution >= 4 is 5.91 Å². The molecule has 2 aromatic rings. The van der Waals surface area contributed by atoms with Crippen LogP contribution >= 0.6 is 0 Å². The quantitative estimate of drug-likeness (QED) is 0.852. The maximum atomic E-state index is 13.9. The van der Waals surface area contributed by atoms with Crippen LogP contribution in [0.4, 0.5) is 8.78 Å². The first-order valence-electron chi connectivity index (χ1n) is 7.38. The maximum Gasteiger partial charge on any atom is 0.220 e. The molecule has 0 fully saturated rings. The normalized spacial score (nSPS) is 12.4. The van der Waals surface area contributed by atoms with Crippen molar-refractivity contribution in [2.24, 2.45) is 0 Å². The summed E-state index contributed by atoms with van der Waals surface area (Å²) in [5.41, 5.74) is -0.0381. The second kappa shape index (κ2) is 7.87. The Morgan fingerprint density at radius 2 is 1.91 bits per heavy atom. The summed E-state index contributed by atoms with van der Waals surface area (Å²) >= 11 is 0. The van der Waals surface area contributed by atoms with E-state index in [0.29, 0.717) is 6.42 Å². The number of benzene rings is 1. The first-order valence-corrected chi connectivity index (χ1v) is 7.38. The van der Waals surface area contributed by atoms with Crippen LogP contribution in [0.25, 0.3) is 0 Å². The Morgan fingerprint density at radius 1 is 1.22 bits per heavy atom. The van der Waals surface area contributed by atoms with Crippen LogP contribution in [-0.4, -0.2) is 31.4 Å². The van der Waals surface area contributed by atoms with Gasteiger partial charge in [0.2, 0.25) is 5.91 Å².